The first-order chi connectivity index (χ1) is 28.0. The molecule has 1 aromatic heterocycles. The lowest BCUT2D eigenvalue weighted by Gasteiger charge is -2.50. The molecule has 0 bridgehead atoms. The summed E-state index contributed by atoms with van der Waals surface area (Å²) in [5, 5.41) is 13.6. The molecule has 306 valence electrons. The standard InChI is InChI=1S/C41H33Cl2F4N5O7/c1-50(35-28(43)14-15-31(48-35)41(45,46)47)52-36(54)25-13-12-24-26(32(25)38(52)56)18-27-37(55)51(49-23-10-8-22(44)9-11-23)39(57)40(27,20-4-6-21(42)7-5-20)33(24)19-16-29(58-2)34(53)30(17-19)59-3/h4-12,14-17,25-27,32-33,49,53H,13,18H2,1-3H3. The predicted octanol–water partition coefficient (Wildman–Crippen LogP) is 7.31. The van der Waals surface area contributed by atoms with Gasteiger partial charge in [0.05, 0.1) is 48.1 Å². The molecule has 2 N–H and O–H groups in total. The summed E-state index contributed by atoms with van der Waals surface area (Å²) in [5.74, 6) is -9.69. The van der Waals surface area contributed by atoms with Gasteiger partial charge in [-0.05, 0) is 90.6 Å². The maximum absolute atomic E-state index is 15.4. The van der Waals surface area contributed by atoms with Crippen LogP contribution in [0.4, 0.5) is 29.1 Å². The van der Waals surface area contributed by atoms with E-state index in [0.29, 0.717) is 27.8 Å². The number of halogens is 6. The van der Waals surface area contributed by atoms with Gasteiger partial charge in [0.2, 0.25) is 5.75 Å². The third kappa shape index (κ3) is 6.13. The van der Waals surface area contributed by atoms with Crippen LogP contribution in [0, 0.1) is 29.5 Å². The number of ether oxygens (including phenoxy) is 2. The van der Waals surface area contributed by atoms with E-state index in [2.05, 4.69) is 10.4 Å². The number of hydrazine groups is 2. The fraction of sp³-hybridized carbons (Fsp3) is 0.293. The number of aromatic nitrogens is 1. The number of benzene rings is 3. The van der Waals surface area contributed by atoms with Crippen molar-refractivity contribution in [1.82, 2.24) is 15.0 Å². The number of imide groups is 2. The summed E-state index contributed by atoms with van der Waals surface area (Å²) in [6, 6.07) is 16.1. The van der Waals surface area contributed by atoms with E-state index in [1.807, 2.05) is 0 Å². The number of methoxy groups -OCH3 is 2. The molecule has 4 aromatic rings. The second-order valence-electron chi connectivity index (χ2n) is 14.7. The topological polar surface area (TPSA) is 142 Å². The number of rotatable bonds is 8. The smallest absolute Gasteiger partial charge is 0.433 e. The number of allylic oxidation sites excluding steroid dienone is 2. The highest BCUT2D eigenvalue weighted by Gasteiger charge is 2.70. The Hall–Kier alpha value is -5.87. The number of phenols is 1. The largest absolute Gasteiger partial charge is 0.502 e. The zero-order valence-electron chi connectivity index (χ0n) is 31.3. The molecule has 12 nitrogen and oxygen atoms in total. The number of carbonyl (C=O) groups is 4. The Morgan fingerprint density at radius 3 is 2.15 bits per heavy atom. The number of amides is 4. The van der Waals surface area contributed by atoms with E-state index in [0.717, 1.165) is 33.2 Å². The first-order valence-corrected chi connectivity index (χ1v) is 18.9. The molecule has 2 aliphatic heterocycles. The molecule has 8 rings (SSSR count). The summed E-state index contributed by atoms with van der Waals surface area (Å²) in [4.78, 5) is 62.9. The molecule has 3 heterocycles. The normalized spacial score (nSPS) is 25.0. The van der Waals surface area contributed by atoms with Gasteiger partial charge in [-0.15, -0.1) is 0 Å². The van der Waals surface area contributed by atoms with Crippen molar-refractivity contribution in [2.45, 2.75) is 30.4 Å². The van der Waals surface area contributed by atoms with Crippen molar-refractivity contribution in [1.29, 1.82) is 0 Å². The van der Waals surface area contributed by atoms with Gasteiger partial charge < -0.3 is 14.6 Å². The molecule has 4 amide bonds. The Kier molecular flexibility index (Phi) is 9.78. The molecule has 6 unspecified atom stereocenters. The Labute approximate surface area is 343 Å². The van der Waals surface area contributed by atoms with Gasteiger partial charge in [0, 0.05) is 18.0 Å². The van der Waals surface area contributed by atoms with Gasteiger partial charge in [-0.1, -0.05) is 47.0 Å². The van der Waals surface area contributed by atoms with Crippen molar-refractivity contribution in [2.24, 2.45) is 23.7 Å². The molecular weight excluding hydrogens is 821 g/mol. The van der Waals surface area contributed by atoms with Crippen LogP contribution < -0.4 is 19.9 Å². The Morgan fingerprint density at radius 2 is 1.54 bits per heavy atom. The number of nitrogens with one attached hydrogen (secondary N) is 1. The van der Waals surface area contributed by atoms with Gasteiger partial charge in [0.1, 0.15) is 11.5 Å². The monoisotopic (exact) mass is 853 g/mol. The van der Waals surface area contributed by atoms with Crippen LogP contribution in [0.25, 0.3) is 0 Å². The number of carbonyl (C=O) groups excluding carboxylic acids is 4. The van der Waals surface area contributed by atoms with E-state index < -0.39 is 82.1 Å². The number of hydrogen-bond acceptors (Lipinski definition) is 10. The molecule has 59 heavy (non-hydrogen) atoms. The first-order valence-electron chi connectivity index (χ1n) is 18.2. The Balaban J connectivity index is 1.31. The van der Waals surface area contributed by atoms with E-state index in [1.165, 1.54) is 45.5 Å². The molecule has 4 aliphatic rings. The van der Waals surface area contributed by atoms with Crippen LogP contribution >= 0.6 is 23.2 Å². The van der Waals surface area contributed by atoms with E-state index in [1.54, 1.807) is 30.3 Å². The van der Waals surface area contributed by atoms with Crippen molar-refractivity contribution < 1.29 is 51.3 Å². The highest BCUT2D eigenvalue weighted by molar-refractivity contribution is 6.33. The summed E-state index contributed by atoms with van der Waals surface area (Å²) in [7, 11) is 3.85. The minimum absolute atomic E-state index is 0.0259. The van der Waals surface area contributed by atoms with Crippen LogP contribution in [0.5, 0.6) is 17.2 Å². The molecule has 0 spiro atoms. The predicted molar refractivity (Wildman–Crippen MR) is 205 cm³/mol. The Morgan fingerprint density at radius 1 is 0.898 bits per heavy atom. The third-order valence-electron chi connectivity index (χ3n) is 11.8. The fourth-order valence-electron chi connectivity index (χ4n) is 9.30. The van der Waals surface area contributed by atoms with Gasteiger partial charge in [-0.25, -0.2) is 9.37 Å². The lowest BCUT2D eigenvalue weighted by atomic mass is 9.49. The average Bonchev–Trinajstić information content (AvgIpc) is 3.59. The van der Waals surface area contributed by atoms with E-state index in [9.17, 15) is 37.1 Å². The van der Waals surface area contributed by atoms with Gasteiger partial charge >= 0.3 is 6.18 Å². The van der Waals surface area contributed by atoms with Crippen LogP contribution in [0.1, 0.15) is 35.6 Å². The van der Waals surface area contributed by atoms with E-state index in [-0.39, 0.29) is 40.8 Å². The minimum atomic E-state index is -4.86. The highest BCUT2D eigenvalue weighted by atomic mass is 35.5. The second-order valence-corrected chi connectivity index (χ2v) is 15.5. The van der Waals surface area contributed by atoms with Crippen LogP contribution in [-0.4, -0.2) is 65.0 Å². The molecule has 18 heteroatoms. The maximum Gasteiger partial charge on any atom is 0.433 e. The highest BCUT2D eigenvalue weighted by Crippen LogP contribution is 2.65. The first kappa shape index (κ1) is 39.9. The number of nitrogens with zero attached hydrogens (tertiary/aromatic N) is 4. The molecule has 3 fully saturated rings. The summed E-state index contributed by atoms with van der Waals surface area (Å²) in [6.45, 7) is 0. The second kappa shape index (κ2) is 14.4. The molecule has 0 radical (unpaired) electrons. The summed E-state index contributed by atoms with van der Waals surface area (Å²) in [5.41, 5.74) is 1.26. The Bertz CT molecular complexity index is 2430. The van der Waals surface area contributed by atoms with E-state index in [4.69, 9.17) is 32.7 Å². The van der Waals surface area contributed by atoms with Crippen LogP contribution in [0.15, 0.2) is 84.4 Å². The van der Waals surface area contributed by atoms with Gasteiger partial charge in [0.15, 0.2) is 17.3 Å². The minimum Gasteiger partial charge on any atom is -0.502 e. The summed E-state index contributed by atoms with van der Waals surface area (Å²) in [6.07, 6.45) is -3.26. The van der Waals surface area contributed by atoms with Crippen molar-refractivity contribution >= 4 is 58.3 Å². The van der Waals surface area contributed by atoms with Crippen molar-refractivity contribution in [3.05, 3.63) is 117 Å². The van der Waals surface area contributed by atoms with Crippen LogP contribution in [-0.2, 0) is 30.8 Å². The van der Waals surface area contributed by atoms with Gasteiger partial charge in [-0.3, -0.25) is 29.6 Å². The molecule has 2 aliphatic carbocycles. The van der Waals surface area contributed by atoms with Crippen molar-refractivity contribution in [3.8, 4) is 17.2 Å². The molecule has 6 atom stereocenters. The maximum atomic E-state index is 15.4. The zero-order valence-corrected chi connectivity index (χ0v) is 32.8. The molecule has 1 saturated carbocycles. The zero-order chi connectivity index (χ0) is 42.3. The number of pyridine rings is 1. The molecule has 2 saturated heterocycles. The summed E-state index contributed by atoms with van der Waals surface area (Å²) >= 11 is 12.7. The lowest BCUT2D eigenvalue weighted by molar-refractivity contribution is -0.142. The van der Waals surface area contributed by atoms with Gasteiger partial charge in [0.25, 0.3) is 23.6 Å². The van der Waals surface area contributed by atoms with Gasteiger partial charge in [-0.2, -0.15) is 23.2 Å². The van der Waals surface area contributed by atoms with Crippen LogP contribution in [0.3, 0.4) is 0 Å². The SMILES string of the molecule is COc1cc(C2C3=CCC4C(=O)N(N(C)c5nc(C(F)(F)F)ccc5Cl)C(=O)C4C3CC3C(=O)N(Nc4ccc(F)cc4)C(=O)C32c2ccc(Cl)cc2)cc(OC)c1O. The number of aromatic hydroxyl groups is 1. The molecule has 3 aromatic carbocycles. The van der Waals surface area contributed by atoms with Crippen LogP contribution in [0.2, 0.25) is 10.0 Å². The summed E-state index contributed by atoms with van der Waals surface area (Å²) < 4.78 is 66.2. The number of hydrogen-bond donors (Lipinski definition) is 2. The fourth-order valence-corrected chi connectivity index (χ4v) is 9.65. The van der Waals surface area contributed by atoms with E-state index >= 15 is 4.79 Å². The number of fused-ring (bicyclic) bond motifs is 4. The van der Waals surface area contributed by atoms with Crippen molar-refractivity contribution in [2.75, 3.05) is 31.7 Å². The number of alkyl halides is 3. The average molecular weight is 855 g/mol. The molecular formula is C41H33Cl2F4N5O7. The number of anilines is 2. The lowest BCUT2D eigenvalue weighted by Crippen LogP contribution is -2.53. The third-order valence-corrected chi connectivity index (χ3v) is 12.3. The van der Waals surface area contributed by atoms with Crippen molar-refractivity contribution in [3.63, 3.8) is 0 Å². The number of phenolic OH excluding ortho intramolecular Hbond substituents is 1. The quantitative estimate of drug-likeness (QED) is 0.105.